The van der Waals surface area contributed by atoms with Crippen LogP contribution in [0.25, 0.3) is 22.4 Å². The number of hydrogen-bond donors (Lipinski definition) is 0. The average Bonchev–Trinajstić information content (AvgIpc) is 3.18. The van der Waals surface area contributed by atoms with E-state index in [4.69, 9.17) is 11.6 Å². The van der Waals surface area contributed by atoms with E-state index >= 15 is 0 Å². The van der Waals surface area contributed by atoms with Gasteiger partial charge in [0.15, 0.2) is 16.6 Å². The third-order valence-electron chi connectivity index (χ3n) is 3.75. The molecule has 4 aromatic rings. The molecule has 0 radical (unpaired) electrons. The molecule has 0 bridgehead atoms. The molecule has 0 aliphatic heterocycles. The van der Waals surface area contributed by atoms with Crippen LogP contribution in [0.1, 0.15) is 11.6 Å². The Morgan fingerprint density at radius 3 is 2.56 bits per heavy atom. The van der Waals surface area contributed by atoms with Gasteiger partial charge in [-0.2, -0.15) is 0 Å². The zero-order chi connectivity index (χ0) is 17.4. The largest absolute Gasteiger partial charge is 0.327 e. The van der Waals surface area contributed by atoms with Crippen LogP contribution in [0, 0.1) is 11.8 Å². The lowest BCUT2D eigenvalue weighted by molar-refractivity contribution is 0.893. The molecule has 1 aromatic carbocycles. The van der Waals surface area contributed by atoms with Gasteiger partial charge in [-0.1, -0.05) is 41.9 Å². The van der Waals surface area contributed by atoms with Gasteiger partial charge in [0, 0.05) is 25.9 Å². The molecule has 0 spiro atoms. The fraction of sp³-hybridized carbons (Fsp3) is 0.111. The number of hydrogen-bond acceptors (Lipinski definition) is 4. The second-order valence-corrected chi connectivity index (χ2v) is 5.90. The first-order valence-electron chi connectivity index (χ1n) is 7.57. The molecule has 0 aliphatic carbocycles. The van der Waals surface area contributed by atoms with Crippen LogP contribution in [0.15, 0.2) is 42.9 Å². The highest BCUT2D eigenvalue weighted by Crippen LogP contribution is 2.18. The van der Waals surface area contributed by atoms with E-state index in [9.17, 15) is 0 Å². The zero-order valence-electron chi connectivity index (χ0n) is 13.6. The van der Waals surface area contributed by atoms with E-state index in [1.165, 1.54) is 0 Å². The lowest BCUT2D eigenvalue weighted by Gasteiger charge is -1.96. The second-order valence-electron chi connectivity index (χ2n) is 5.54. The molecule has 0 unspecified atom stereocenters. The number of rotatable bonds is 1. The van der Waals surface area contributed by atoms with Crippen molar-refractivity contribution in [2.45, 2.75) is 0 Å². The zero-order valence-corrected chi connectivity index (χ0v) is 14.4. The highest BCUT2D eigenvalue weighted by molar-refractivity contribution is 6.33. The summed E-state index contributed by atoms with van der Waals surface area (Å²) in [6, 6.07) is 9.96. The summed E-state index contributed by atoms with van der Waals surface area (Å²) >= 11 is 6.16. The summed E-state index contributed by atoms with van der Waals surface area (Å²) in [7, 11) is 3.75. The Morgan fingerprint density at radius 2 is 1.76 bits per heavy atom. The lowest BCUT2D eigenvalue weighted by atomic mass is 10.2. The van der Waals surface area contributed by atoms with Crippen LogP contribution < -0.4 is 0 Å². The van der Waals surface area contributed by atoms with Gasteiger partial charge in [-0.05, 0) is 11.8 Å². The first-order chi connectivity index (χ1) is 12.1. The van der Waals surface area contributed by atoms with Gasteiger partial charge in [-0.3, -0.25) is 0 Å². The fourth-order valence-electron chi connectivity index (χ4n) is 2.47. The predicted molar refractivity (Wildman–Crippen MR) is 95.9 cm³/mol. The Morgan fingerprint density at radius 1 is 0.960 bits per heavy atom. The summed E-state index contributed by atoms with van der Waals surface area (Å²) in [5.41, 5.74) is 3.13. The van der Waals surface area contributed by atoms with Gasteiger partial charge in [0.25, 0.3) is 0 Å². The number of aromatic nitrogens is 6. The van der Waals surface area contributed by atoms with Crippen molar-refractivity contribution in [1.82, 2.24) is 29.1 Å². The van der Waals surface area contributed by atoms with Crippen LogP contribution in [0.5, 0.6) is 0 Å². The van der Waals surface area contributed by atoms with E-state index < -0.39 is 0 Å². The van der Waals surface area contributed by atoms with Crippen LogP contribution >= 0.6 is 11.6 Å². The van der Waals surface area contributed by atoms with Crippen LogP contribution in [-0.2, 0) is 14.1 Å². The van der Waals surface area contributed by atoms with Crippen LogP contribution in [0.4, 0.5) is 0 Å². The molecule has 4 rings (SSSR count). The summed E-state index contributed by atoms with van der Waals surface area (Å²) in [6.07, 6.45) is 3.59. The smallest absolute Gasteiger partial charge is 0.208 e. The first kappa shape index (κ1) is 15.4. The van der Waals surface area contributed by atoms with Crippen molar-refractivity contribution in [3.8, 4) is 23.1 Å². The molecule has 0 saturated heterocycles. The summed E-state index contributed by atoms with van der Waals surface area (Å²) in [6.45, 7) is 0. The fourth-order valence-corrected chi connectivity index (χ4v) is 2.68. The third kappa shape index (κ3) is 2.86. The molecule has 7 heteroatoms. The summed E-state index contributed by atoms with van der Waals surface area (Å²) in [4.78, 5) is 17.3. The number of imidazole rings is 2. The van der Waals surface area contributed by atoms with Gasteiger partial charge in [-0.25, -0.2) is 19.9 Å². The van der Waals surface area contributed by atoms with Crippen molar-refractivity contribution in [3.05, 3.63) is 59.7 Å². The number of aryl methyl sites for hydroxylation is 2. The molecule has 0 aliphatic rings. The number of nitrogens with zero attached hydrogens (tertiary/aromatic N) is 6. The topological polar surface area (TPSA) is 61.4 Å². The van der Waals surface area contributed by atoms with Gasteiger partial charge < -0.3 is 9.13 Å². The Hall–Kier alpha value is -3.17. The summed E-state index contributed by atoms with van der Waals surface area (Å²) < 4.78 is 3.65. The molecular formula is C18H13ClN6. The molecule has 3 heterocycles. The normalized spacial score (nSPS) is 10.7. The Bertz CT molecular complexity index is 1130. The number of halogens is 1. The van der Waals surface area contributed by atoms with Gasteiger partial charge >= 0.3 is 0 Å². The third-order valence-corrected chi connectivity index (χ3v) is 4.01. The summed E-state index contributed by atoms with van der Waals surface area (Å²) in [5, 5.41) is 0.291. The standard InChI is InChI=1S/C18H13ClN6/c1-24-10-13(12-6-4-3-5-7-12)21-15(24)9-8-14-22-17(19)16-18(23-14)25(2)11-20-16/h3-7,10-11H,1-2H3. The molecule has 25 heavy (non-hydrogen) atoms. The van der Waals surface area contributed by atoms with E-state index in [-0.39, 0.29) is 0 Å². The Balaban J connectivity index is 1.72. The van der Waals surface area contributed by atoms with Crippen LogP contribution in [0.2, 0.25) is 5.15 Å². The maximum atomic E-state index is 6.16. The van der Waals surface area contributed by atoms with Crippen molar-refractivity contribution in [3.63, 3.8) is 0 Å². The SMILES string of the molecule is Cn1cc(-c2ccccc2)nc1C#Cc1nc(Cl)c2ncn(C)c2n1. The minimum atomic E-state index is 0.291. The highest BCUT2D eigenvalue weighted by Gasteiger charge is 2.09. The second kappa shape index (κ2) is 6.04. The lowest BCUT2D eigenvalue weighted by Crippen LogP contribution is -1.96. The quantitative estimate of drug-likeness (QED) is 0.392. The number of benzene rings is 1. The molecule has 122 valence electrons. The summed E-state index contributed by atoms with van der Waals surface area (Å²) in [5.74, 6) is 6.91. The van der Waals surface area contributed by atoms with Gasteiger partial charge in [0.1, 0.15) is 5.52 Å². The molecule has 0 N–H and O–H groups in total. The molecule has 0 amide bonds. The monoisotopic (exact) mass is 348 g/mol. The Labute approximate surface area is 149 Å². The van der Waals surface area contributed by atoms with Crippen molar-refractivity contribution in [2.75, 3.05) is 0 Å². The maximum absolute atomic E-state index is 6.16. The van der Waals surface area contributed by atoms with E-state index in [2.05, 4.69) is 31.8 Å². The van der Waals surface area contributed by atoms with E-state index in [1.54, 1.807) is 10.9 Å². The molecule has 6 nitrogen and oxygen atoms in total. The molecule has 0 fully saturated rings. The van der Waals surface area contributed by atoms with E-state index in [0.717, 1.165) is 11.3 Å². The van der Waals surface area contributed by atoms with Crippen molar-refractivity contribution >= 4 is 22.8 Å². The van der Waals surface area contributed by atoms with Gasteiger partial charge in [0.2, 0.25) is 5.82 Å². The number of fused-ring (bicyclic) bond motifs is 1. The molecular weight excluding hydrogens is 336 g/mol. The molecule has 0 saturated carbocycles. The van der Waals surface area contributed by atoms with Crippen molar-refractivity contribution in [1.29, 1.82) is 0 Å². The first-order valence-corrected chi connectivity index (χ1v) is 7.95. The average molecular weight is 349 g/mol. The van der Waals surface area contributed by atoms with Crippen LogP contribution in [0.3, 0.4) is 0 Å². The molecule has 0 atom stereocenters. The van der Waals surface area contributed by atoms with Crippen molar-refractivity contribution < 1.29 is 0 Å². The Kier molecular flexibility index (Phi) is 3.71. The van der Waals surface area contributed by atoms with E-state index in [1.807, 2.05) is 55.2 Å². The minimum absolute atomic E-state index is 0.291. The van der Waals surface area contributed by atoms with Crippen LogP contribution in [-0.4, -0.2) is 29.1 Å². The maximum Gasteiger partial charge on any atom is 0.208 e. The molecule has 3 aromatic heterocycles. The predicted octanol–water partition coefficient (Wildman–Crippen LogP) is 2.82. The van der Waals surface area contributed by atoms with Gasteiger partial charge in [0.05, 0.1) is 12.0 Å². The van der Waals surface area contributed by atoms with E-state index in [0.29, 0.717) is 28.0 Å². The highest BCUT2D eigenvalue weighted by atomic mass is 35.5. The minimum Gasteiger partial charge on any atom is -0.327 e. The van der Waals surface area contributed by atoms with Gasteiger partial charge in [-0.15, -0.1) is 0 Å². The van der Waals surface area contributed by atoms with Crippen molar-refractivity contribution in [2.24, 2.45) is 14.1 Å².